The number of hydrogen-bond acceptors (Lipinski definition) is 3. The molecule has 1 aliphatic rings. The molecule has 0 saturated heterocycles. The molecule has 4 heteroatoms. The number of aryl methyl sites for hydroxylation is 3. The van der Waals surface area contributed by atoms with Crippen molar-refractivity contribution in [2.24, 2.45) is 5.92 Å². The summed E-state index contributed by atoms with van der Waals surface area (Å²) >= 11 is 0. The van der Waals surface area contributed by atoms with Crippen LogP contribution in [0.5, 0.6) is 0 Å². The first-order valence-electron chi connectivity index (χ1n) is 16.1. The van der Waals surface area contributed by atoms with Gasteiger partial charge in [-0.3, -0.25) is 9.55 Å². The minimum Gasteiger partial charge on any atom is -0.298 e. The van der Waals surface area contributed by atoms with Crippen molar-refractivity contribution in [3.05, 3.63) is 143 Å². The topological polar surface area (TPSA) is 43.6 Å². The summed E-state index contributed by atoms with van der Waals surface area (Å²) in [6.07, 6.45) is 9.06. The largest absolute Gasteiger partial charge is 0.298 e. The van der Waals surface area contributed by atoms with Crippen LogP contribution in [-0.2, 0) is 11.8 Å². The van der Waals surface area contributed by atoms with E-state index in [0.717, 1.165) is 53.4 Å². The second-order valence-electron chi connectivity index (χ2n) is 12.9. The molecule has 1 unspecified atom stereocenters. The number of nitrogens with zero attached hydrogens (tertiary/aromatic N) is 4. The van der Waals surface area contributed by atoms with Gasteiger partial charge < -0.3 is 0 Å². The lowest BCUT2D eigenvalue weighted by Gasteiger charge is -2.20. The van der Waals surface area contributed by atoms with E-state index in [1.807, 2.05) is 12.4 Å². The fraction of sp³-hybridized carbons (Fsp3) is 0.244. The third kappa shape index (κ3) is 5.29. The highest BCUT2D eigenvalue weighted by Gasteiger charge is 2.53. The van der Waals surface area contributed by atoms with Crippen LogP contribution in [0, 0.1) is 26.7 Å². The zero-order valence-corrected chi connectivity index (χ0v) is 26.9. The van der Waals surface area contributed by atoms with Gasteiger partial charge in [0, 0.05) is 23.4 Å². The standard InChI is InChI=1S/C41H40N4/c1-6-34-25-41(34,5)39-38(44-35(26-43-39)37-28(3)14-12-15-29(37)4)40-42-21-22-45(40)36-24-32(30-16-8-7-9-17-30)19-20-33(36)23-31-18-11-10-13-27(31)2/h7-22,24,26,34H,6,23,25H2,1-5H3/t34-,41?/m0/s1. The van der Waals surface area contributed by atoms with Crippen LogP contribution in [0.1, 0.15) is 60.2 Å². The molecule has 0 aliphatic heterocycles. The van der Waals surface area contributed by atoms with Crippen LogP contribution >= 0.6 is 0 Å². The molecule has 0 N–H and O–H groups in total. The average molecular weight is 589 g/mol. The first-order chi connectivity index (χ1) is 21.9. The van der Waals surface area contributed by atoms with Gasteiger partial charge in [-0.1, -0.05) is 105 Å². The molecule has 2 atom stereocenters. The Kier molecular flexibility index (Phi) is 7.45. The normalized spacial score (nSPS) is 17.4. The molecular formula is C41H40N4. The monoisotopic (exact) mass is 588 g/mol. The van der Waals surface area contributed by atoms with Gasteiger partial charge in [-0.05, 0) is 84.5 Å². The molecule has 0 spiro atoms. The molecule has 0 bridgehead atoms. The second kappa shape index (κ2) is 11.6. The van der Waals surface area contributed by atoms with Gasteiger partial charge in [-0.25, -0.2) is 9.97 Å². The Labute approximate surface area is 266 Å². The van der Waals surface area contributed by atoms with Gasteiger partial charge >= 0.3 is 0 Å². The maximum Gasteiger partial charge on any atom is 0.165 e. The van der Waals surface area contributed by atoms with E-state index in [2.05, 4.69) is 136 Å². The molecule has 4 aromatic carbocycles. The summed E-state index contributed by atoms with van der Waals surface area (Å²) in [6, 6.07) is 32.5. The van der Waals surface area contributed by atoms with Crippen molar-refractivity contribution in [2.45, 2.75) is 59.3 Å². The van der Waals surface area contributed by atoms with E-state index in [0.29, 0.717) is 5.92 Å². The molecule has 1 aliphatic carbocycles. The lowest BCUT2D eigenvalue weighted by molar-refractivity contribution is 0.623. The Hall–Kier alpha value is -4.83. The van der Waals surface area contributed by atoms with Crippen LogP contribution in [0.4, 0.5) is 0 Å². The van der Waals surface area contributed by atoms with Crippen LogP contribution in [0.15, 0.2) is 110 Å². The van der Waals surface area contributed by atoms with Gasteiger partial charge in [0.2, 0.25) is 0 Å². The van der Waals surface area contributed by atoms with Crippen LogP contribution < -0.4 is 0 Å². The molecule has 1 saturated carbocycles. The van der Waals surface area contributed by atoms with Crippen LogP contribution in [0.25, 0.3) is 39.6 Å². The van der Waals surface area contributed by atoms with E-state index in [1.165, 1.54) is 38.9 Å². The quantitative estimate of drug-likeness (QED) is 0.178. The zero-order chi connectivity index (χ0) is 31.1. The van der Waals surface area contributed by atoms with Gasteiger partial charge in [-0.15, -0.1) is 0 Å². The molecule has 2 aromatic heterocycles. The highest BCUT2D eigenvalue weighted by molar-refractivity contribution is 5.72. The highest BCUT2D eigenvalue weighted by Crippen LogP contribution is 2.56. The predicted octanol–water partition coefficient (Wildman–Crippen LogP) is 9.87. The van der Waals surface area contributed by atoms with Gasteiger partial charge in [-0.2, -0.15) is 0 Å². The fourth-order valence-electron chi connectivity index (χ4n) is 7.07. The van der Waals surface area contributed by atoms with E-state index in [1.54, 1.807) is 0 Å². The van der Waals surface area contributed by atoms with Crippen molar-refractivity contribution in [2.75, 3.05) is 0 Å². The van der Waals surface area contributed by atoms with Gasteiger partial charge in [0.15, 0.2) is 5.82 Å². The summed E-state index contributed by atoms with van der Waals surface area (Å²) in [7, 11) is 0. The molecular weight excluding hydrogens is 548 g/mol. The van der Waals surface area contributed by atoms with Crippen molar-refractivity contribution >= 4 is 0 Å². The fourth-order valence-corrected chi connectivity index (χ4v) is 7.07. The van der Waals surface area contributed by atoms with Crippen LogP contribution in [-0.4, -0.2) is 19.5 Å². The van der Waals surface area contributed by atoms with Crippen LogP contribution in [0.3, 0.4) is 0 Å². The Bertz CT molecular complexity index is 1980. The molecule has 224 valence electrons. The summed E-state index contributed by atoms with van der Waals surface area (Å²) in [5.41, 5.74) is 13.7. The number of imidazole rings is 1. The molecule has 7 rings (SSSR count). The lowest BCUT2D eigenvalue weighted by Crippen LogP contribution is -2.14. The molecule has 2 heterocycles. The molecule has 6 aromatic rings. The smallest absolute Gasteiger partial charge is 0.165 e. The summed E-state index contributed by atoms with van der Waals surface area (Å²) in [4.78, 5) is 15.7. The Morgan fingerprint density at radius 3 is 2.24 bits per heavy atom. The summed E-state index contributed by atoms with van der Waals surface area (Å²) in [5.74, 6) is 1.43. The van der Waals surface area contributed by atoms with Gasteiger partial charge in [0.1, 0.15) is 5.69 Å². The van der Waals surface area contributed by atoms with Gasteiger partial charge in [0.05, 0.1) is 23.3 Å². The van der Waals surface area contributed by atoms with Gasteiger partial charge in [0.25, 0.3) is 0 Å². The van der Waals surface area contributed by atoms with E-state index in [9.17, 15) is 0 Å². The maximum absolute atomic E-state index is 5.43. The first-order valence-corrected chi connectivity index (χ1v) is 16.1. The number of rotatable bonds is 8. The van der Waals surface area contributed by atoms with E-state index < -0.39 is 0 Å². The van der Waals surface area contributed by atoms with E-state index in [4.69, 9.17) is 15.0 Å². The minimum atomic E-state index is -0.0109. The molecule has 45 heavy (non-hydrogen) atoms. The zero-order valence-electron chi connectivity index (χ0n) is 26.9. The molecule has 4 nitrogen and oxygen atoms in total. The third-order valence-corrected chi connectivity index (χ3v) is 9.90. The lowest BCUT2D eigenvalue weighted by atomic mass is 9.95. The van der Waals surface area contributed by atoms with Crippen LogP contribution in [0.2, 0.25) is 0 Å². The van der Waals surface area contributed by atoms with Crippen molar-refractivity contribution in [1.29, 1.82) is 0 Å². The molecule has 0 amide bonds. The van der Waals surface area contributed by atoms with Crippen molar-refractivity contribution in [3.8, 4) is 39.6 Å². The Balaban J connectivity index is 1.44. The number of hydrogen-bond donors (Lipinski definition) is 0. The SMILES string of the molecule is CC[C@H]1CC1(C)c1ncc(-c2c(C)cccc2C)nc1-c1nccn1-c1cc(-c2ccccc2)ccc1Cc1ccccc1C. The Morgan fingerprint density at radius 1 is 0.778 bits per heavy atom. The average Bonchev–Trinajstić information content (AvgIpc) is 3.49. The van der Waals surface area contributed by atoms with E-state index in [-0.39, 0.29) is 5.41 Å². The molecule has 0 radical (unpaired) electrons. The Morgan fingerprint density at radius 2 is 1.51 bits per heavy atom. The number of benzene rings is 4. The summed E-state index contributed by atoms with van der Waals surface area (Å²) in [5, 5.41) is 0. The minimum absolute atomic E-state index is 0.0109. The van der Waals surface area contributed by atoms with Crippen molar-refractivity contribution < 1.29 is 0 Å². The summed E-state index contributed by atoms with van der Waals surface area (Å²) in [6.45, 7) is 11.1. The second-order valence-corrected chi connectivity index (χ2v) is 12.9. The molecule has 1 fully saturated rings. The number of aromatic nitrogens is 4. The predicted molar refractivity (Wildman–Crippen MR) is 185 cm³/mol. The van der Waals surface area contributed by atoms with E-state index >= 15 is 0 Å². The first kappa shape index (κ1) is 28.9. The third-order valence-electron chi connectivity index (χ3n) is 9.90. The van der Waals surface area contributed by atoms with Crippen molar-refractivity contribution in [3.63, 3.8) is 0 Å². The van der Waals surface area contributed by atoms with Crippen molar-refractivity contribution in [1.82, 2.24) is 19.5 Å². The summed E-state index contributed by atoms with van der Waals surface area (Å²) < 4.78 is 2.24. The highest BCUT2D eigenvalue weighted by atomic mass is 15.1. The maximum atomic E-state index is 5.43.